The number of para-hydroxylation sites is 2. The van der Waals surface area contributed by atoms with Crippen LogP contribution in [-0.2, 0) is 0 Å². The molecule has 11 heteroatoms. The summed E-state index contributed by atoms with van der Waals surface area (Å²) in [4.78, 5) is 14.7. The van der Waals surface area contributed by atoms with Gasteiger partial charge >= 0.3 is 5.69 Å². The Morgan fingerprint density at radius 3 is 2.86 bits per heavy atom. The van der Waals surface area contributed by atoms with Gasteiger partial charge < -0.3 is 15.7 Å². The Hall–Kier alpha value is -4.28. The number of methoxy groups -OCH3 is 1. The monoisotopic (exact) mass is 381 g/mol. The first-order valence-corrected chi connectivity index (χ1v) is 7.87. The standard InChI is InChI=1S/C17H15N7O4/c1-28-14-7-6-10(8-13(14)24(26)27)9-20-22-16(18)15-17(19)23(25)12-5-3-2-4-11(12)21-15/h2-9,19,25H,1H3,(H2,18,22)/b19-17?,20-9+. The van der Waals surface area contributed by atoms with Crippen LogP contribution in [0.15, 0.2) is 52.7 Å². The summed E-state index contributed by atoms with van der Waals surface area (Å²) in [5.41, 5.74) is 6.39. The molecule has 1 aromatic heterocycles. The number of hydrogen-bond donors (Lipinski definition) is 3. The van der Waals surface area contributed by atoms with Crippen molar-refractivity contribution in [2.24, 2.45) is 15.9 Å². The van der Waals surface area contributed by atoms with E-state index in [1.54, 1.807) is 30.3 Å². The third kappa shape index (κ3) is 3.49. The van der Waals surface area contributed by atoms with Crippen molar-refractivity contribution in [3.63, 3.8) is 0 Å². The lowest BCUT2D eigenvalue weighted by Crippen LogP contribution is -2.31. The summed E-state index contributed by atoms with van der Waals surface area (Å²) in [5.74, 6) is -0.0744. The third-order valence-electron chi connectivity index (χ3n) is 3.79. The lowest BCUT2D eigenvalue weighted by atomic mass is 10.2. The number of rotatable bonds is 5. The third-order valence-corrected chi connectivity index (χ3v) is 3.79. The van der Waals surface area contributed by atoms with Gasteiger partial charge in [-0.1, -0.05) is 12.1 Å². The summed E-state index contributed by atoms with van der Waals surface area (Å²) in [5, 5.41) is 36.7. The summed E-state index contributed by atoms with van der Waals surface area (Å²) < 4.78 is 5.58. The molecule has 0 unspecified atom stereocenters. The molecule has 0 spiro atoms. The number of aromatic nitrogens is 2. The van der Waals surface area contributed by atoms with E-state index in [1.165, 1.54) is 25.5 Å². The van der Waals surface area contributed by atoms with Crippen LogP contribution in [0, 0.1) is 15.5 Å². The summed E-state index contributed by atoms with van der Waals surface area (Å²) in [6.45, 7) is 0. The number of hydrogen-bond acceptors (Lipinski definition) is 8. The van der Waals surface area contributed by atoms with Gasteiger partial charge in [-0.05, 0) is 24.3 Å². The van der Waals surface area contributed by atoms with Crippen molar-refractivity contribution in [1.82, 2.24) is 9.71 Å². The highest BCUT2D eigenvalue weighted by molar-refractivity contribution is 5.97. The number of nitro benzene ring substituents is 1. The smallest absolute Gasteiger partial charge is 0.311 e. The molecule has 0 saturated heterocycles. The Kier molecular flexibility index (Phi) is 4.98. The van der Waals surface area contributed by atoms with E-state index in [-0.39, 0.29) is 28.5 Å². The van der Waals surface area contributed by atoms with Crippen LogP contribution < -0.4 is 16.0 Å². The second-order valence-corrected chi connectivity index (χ2v) is 5.53. The molecule has 0 amide bonds. The highest BCUT2D eigenvalue weighted by Crippen LogP contribution is 2.26. The maximum atomic E-state index is 11.1. The van der Waals surface area contributed by atoms with Gasteiger partial charge in [-0.25, -0.2) is 4.98 Å². The zero-order chi connectivity index (χ0) is 20.3. The zero-order valence-electron chi connectivity index (χ0n) is 14.6. The Morgan fingerprint density at radius 1 is 1.39 bits per heavy atom. The molecule has 0 aliphatic heterocycles. The van der Waals surface area contributed by atoms with Gasteiger partial charge in [0.25, 0.3) is 0 Å². The fraction of sp³-hybridized carbons (Fsp3) is 0.0588. The van der Waals surface area contributed by atoms with Crippen LogP contribution >= 0.6 is 0 Å². The Morgan fingerprint density at radius 2 is 2.14 bits per heavy atom. The number of amidine groups is 1. The molecule has 1 heterocycles. The van der Waals surface area contributed by atoms with Crippen molar-refractivity contribution >= 4 is 28.8 Å². The lowest BCUT2D eigenvalue weighted by Gasteiger charge is -2.06. The number of nitrogens with zero attached hydrogens (tertiary/aromatic N) is 5. The minimum Gasteiger partial charge on any atom is -0.490 e. The largest absolute Gasteiger partial charge is 0.490 e. The quantitative estimate of drug-likeness (QED) is 0.199. The highest BCUT2D eigenvalue weighted by Gasteiger charge is 2.14. The lowest BCUT2D eigenvalue weighted by molar-refractivity contribution is -0.385. The predicted molar refractivity (Wildman–Crippen MR) is 101 cm³/mol. The maximum absolute atomic E-state index is 11.1. The van der Waals surface area contributed by atoms with Crippen molar-refractivity contribution in [1.29, 1.82) is 5.41 Å². The first-order chi connectivity index (χ1) is 13.4. The van der Waals surface area contributed by atoms with Crippen LogP contribution in [0.25, 0.3) is 11.0 Å². The van der Waals surface area contributed by atoms with Crippen LogP contribution in [-0.4, -0.2) is 39.0 Å². The molecule has 3 aromatic rings. The summed E-state index contributed by atoms with van der Waals surface area (Å²) in [6, 6.07) is 11.0. The number of fused-ring (bicyclic) bond motifs is 1. The molecule has 28 heavy (non-hydrogen) atoms. The second kappa shape index (κ2) is 7.53. The molecule has 3 rings (SSSR count). The van der Waals surface area contributed by atoms with Crippen molar-refractivity contribution in [3.8, 4) is 5.75 Å². The van der Waals surface area contributed by atoms with Crippen molar-refractivity contribution in [2.75, 3.05) is 7.11 Å². The zero-order valence-corrected chi connectivity index (χ0v) is 14.6. The van der Waals surface area contributed by atoms with Gasteiger partial charge in [0.05, 0.1) is 23.8 Å². The molecule has 0 atom stereocenters. The molecule has 0 saturated carbocycles. The van der Waals surface area contributed by atoms with Crippen LogP contribution in [0.1, 0.15) is 11.3 Å². The van der Waals surface area contributed by atoms with Gasteiger partial charge in [-0.3, -0.25) is 15.5 Å². The van der Waals surface area contributed by atoms with Crippen LogP contribution in [0.5, 0.6) is 5.75 Å². The Labute approximate surface area is 157 Å². The molecule has 142 valence electrons. The van der Waals surface area contributed by atoms with E-state index in [0.717, 1.165) is 0 Å². The SMILES string of the molecule is COc1ccc(/C=N/N=C(\N)c2nc3ccccc3n(O)c2=N)cc1[N+](=O)[O-]. The molecule has 0 aliphatic rings. The maximum Gasteiger partial charge on any atom is 0.311 e. The van der Waals surface area contributed by atoms with E-state index in [1.807, 2.05) is 0 Å². The minimum absolute atomic E-state index is 0.0564. The van der Waals surface area contributed by atoms with E-state index in [2.05, 4.69) is 15.2 Å². The summed E-state index contributed by atoms with van der Waals surface area (Å²) in [6.07, 6.45) is 1.26. The first-order valence-electron chi connectivity index (χ1n) is 7.87. The molecular weight excluding hydrogens is 366 g/mol. The fourth-order valence-corrected chi connectivity index (χ4v) is 2.45. The molecule has 0 aliphatic carbocycles. The van der Waals surface area contributed by atoms with Gasteiger partial charge in [0.15, 0.2) is 22.8 Å². The first kappa shape index (κ1) is 18.5. The van der Waals surface area contributed by atoms with E-state index < -0.39 is 4.92 Å². The second-order valence-electron chi connectivity index (χ2n) is 5.53. The van der Waals surface area contributed by atoms with Gasteiger partial charge in [0.1, 0.15) is 5.52 Å². The number of nitrogens with two attached hydrogens (primary N) is 1. The van der Waals surface area contributed by atoms with Gasteiger partial charge in [0, 0.05) is 11.6 Å². The molecule has 0 bridgehead atoms. The topological polar surface area (TPSA) is 165 Å². The minimum atomic E-state index is -0.570. The average molecular weight is 381 g/mol. The fourth-order valence-electron chi connectivity index (χ4n) is 2.45. The van der Waals surface area contributed by atoms with Gasteiger partial charge in [-0.15, -0.1) is 5.10 Å². The van der Waals surface area contributed by atoms with E-state index >= 15 is 0 Å². The number of benzene rings is 2. The molecular formula is C17H15N7O4. The molecule has 2 aromatic carbocycles. The number of nitro groups is 1. The number of nitrogens with one attached hydrogen (secondary N) is 1. The highest BCUT2D eigenvalue weighted by atomic mass is 16.6. The summed E-state index contributed by atoms with van der Waals surface area (Å²) >= 11 is 0. The van der Waals surface area contributed by atoms with Crippen LogP contribution in [0.2, 0.25) is 0 Å². The Bertz CT molecular complexity index is 1180. The summed E-state index contributed by atoms with van der Waals surface area (Å²) in [7, 11) is 1.34. The molecule has 0 radical (unpaired) electrons. The Balaban J connectivity index is 1.94. The van der Waals surface area contributed by atoms with Crippen LogP contribution in [0.4, 0.5) is 5.69 Å². The van der Waals surface area contributed by atoms with E-state index in [0.29, 0.717) is 21.3 Å². The van der Waals surface area contributed by atoms with Crippen molar-refractivity contribution in [2.45, 2.75) is 0 Å². The van der Waals surface area contributed by atoms with Crippen molar-refractivity contribution < 1.29 is 14.9 Å². The molecule has 0 fully saturated rings. The van der Waals surface area contributed by atoms with E-state index in [4.69, 9.17) is 15.9 Å². The van der Waals surface area contributed by atoms with Gasteiger partial charge in [0.2, 0.25) is 0 Å². The normalized spacial score (nSPS) is 11.8. The number of ether oxygens (including phenoxy) is 1. The van der Waals surface area contributed by atoms with E-state index in [9.17, 15) is 15.3 Å². The van der Waals surface area contributed by atoms with Crippen molar-refractivity contribution in [3.05, 3.63) is 69.3 Å². The average Bonchev–Trinajstić information content (AvgIpc) is 2.70. The van der Waals surface area contributed by atoms with Gasteiger partial charge in [-0.2, -0.15) is 9.83 Å². The predicted octanol–water partition coefficient (Wildman–Crippen LogP) is 1.41. The molecule has 4 N–H and O–H groups in total. The molecule has 11 nitrogen and oxygen atoms in total. The van der Waals surface area contributed by atoms with Crippen LogP contribution in [0.3, 0.4) is 0 Å².